The van der Waals surface area contributed by atoms with Crippen molar-refractivity contribution in [3.8, 4) is 11.5 Å². The normalized spacial score (nSPS) is 17.3. The van der Waals surface area contributed by atoms with E-state index in [4.69, 9.17) is 14.5 Å². The predicted molar refractivity (Wildman–Crippen MR) is 147 cm³/mol. The van der Waals surface area contributed by atoms with Gasteiger partial charge >= 0.3 is 5.91 Å². The van der Waals surface area contributed by atoms with E-state index in [1.807, 2.05) is 12.1 Å². The summed E-state index contributed by atoms with van der Waals surface area (Å²) in [5, 5.41) is 11.9. The van der Waals surface area contributed by atoms with Gasteiger partial charge in [-0.1, -0.05) is 50.3 Å². The Bertz CT molecular complexity index is 1560. The number of carbonyl (C=O) groups excluding carboxylic acids is 2. The lowest BCUT2D eigenvalue weighted by Gasteiger charge is -2.22. The fraction of sp³-hybridized carbons (Fsp3) is 0.241. The Balaban J connectivity index is 1.74. The largest absolute Gasteiger partial charge is 0.506 e. The third-order valence-corrected chi connectivity index (χ3v) is 7.54. The Morgan fingerprint density at radius 1 is 1.00 bits per heavy atom. The van der Waals surface area contributed by atoms with Gasteiger partial charge in [-0.15, -0.1) is 0 Å². The molecule has 1 aliphatic rings. The number of thiazole rings is 1. The first-order valence-corrected chi connectivity index (χ1v) is 12.8. The smallest absolute Gasteiger partial charge is 0.301 e. The molecule has 8 nitrogen and oxygen atoms in total. The number of benzene rings is 2. The van der Waals surface area contributed by atoms with Crippen molar-refractivity contribution in [3.63, 3.8) is 0 Å². The summed E-state index contributed by atoms with van der Waals surface area (Å²) in [7, 11) is 2.90. The summed E-state index contributed by atoms with van der Waals surface area (Å²) >= 11 is 1.31. The Hall–Kier alpha value is -4.24. The number of anilines is 1. The van der Waals surface area contributed by atoms with Gasteiger partial charge in [0.25, 0.3) is 5.78 Å². The van der Waals surface area contributed by atoms with Gasteiger partial charge < -0.3 is 14.6 Å². The molecule has 2 aromatic heterocycles. The molecule has 0 bridgehead atoms. The first kappa shape index (κ1) is 25.4. The summed E-state index contributed by atoms with van der Waals surface area (Å²) < 4.78 is 11.8. The number of methoxy groups -OCH3 is 2. The van der Waals surface area contributed by atoms with E-state index in [1.54, 1.807) is 42.6 Å². The predicted octanol–water partition coefficient (Wildman–Crippen LogP) is 5.63. The molecule has 3 heterocycles. The minimum atomic E-state index is -1.01. The molecule has 1 amide bonds. The Kier molecular flexibility index (Phi) is 6.40. The van der Waals surface area contributed by atoms with Crippen molar-refractivity contribution < 1.29 is 24.2 Å². The van der Waals surface area contributed by atoms with E-state index < -0.39 is 23.5 Å². The number of carbonyl (C=O) groups is 2. The SMILES string of the molecule is COc1cccc(OC)c1/C(O)=C1\C(=O)C(=O)N(c2nc3ccc(C(C)(C)C)cc3s2)C1c1ccccn1. The van der Waals surface area contributed by atoms with Gasteiger partial charge in [-0.2, -0.15) is 0 Å². The molecule has 0 spiro atoms. The van der Waals surface area contributed by atoms with Gasteiger partial charge in [0.05, 0.1) is 35.7 Å². The number of nitrogens with zero attached hydrogens (tertiary/aromatic N) is 3. The zero-order valence-corrected chi connectivity index (χ0v) is 22.5. The molecule has 0 saturated carbocycles. The van der Waals surface area contributed by atoms with Crippen LogP contribution in [0.5, 0.6) is 11.5 Å². The molecule has 194 valence electrons. The third-order valence-electron chi connectivity index (χ3n) is 6.53. The highest BCUT2D eigenvalue weighted by Crippen LogP contribution is 2.46. The number of ketones is 1. The molecule has 4 aromatic rings. The molecule has 9 heteroatoms. The van der Waals surface area contributed by atoms with Crippen molar-refractivity contribution >= 4 is 44.1 Å². The van der Waals surface area contributed by atoms with Crippen LogP contribution in [0.25, 0.3) is 16.0 Å². The average Bonchev–Trinajstić information content (AvgIpc) is 3.45. The van der Waals surface area contributed by atoms with E-state index >= 15 is 0 Å². The third kappa shape index (κ3) is 4.18. The number of pyridine rings is 1. The lowest BCUT2D eigenvalue weighted by Crippen LogP contribution is -2.29. The number of aromatic nitrogens is 2. The van der Waals surface area contributed by atoms with Crippen molar-refractivity contribution in [3.05, 3.63) is 83.2 Å². The second-order valence-electron chi connectivity index (χ2n) is 9.89. The molecule has 1 atom stereocenters. The highest BCUT2D eigenvalue weighted by molar-refractivity contribution is 7.22. The van der Waals surface area contributed by atoms with Crippen molar-refractivity contribution in [2.75, 3.05) is 19.1 Å². The van der Waals surface area contributed by atoms with Gasteiger partial charge in [-0.05, 0) is 47.4 Å². The van der Waals surface area contributed by atoms with Crippen molar-refractivity contribution in [1.82, 2.24) is 9.97 Å². The van der Waals surface area contributed by atoms with E-state index in [9.17, 15) is 14.7 Å². The fourth-order valence-electron chi connectivity index (χ4n) is 4.55. The van der Waals surface area contributed by atoms with Gasteiger partial charge in [0.15, 0.2) is 5.13 Å². The van der Waals surface area contributed by atoms with E-state index in [-0.39, 0.29) is 16.6 Å². The maximum Gasteiger partial charge on any atom is 0.301 e. The van der Waals surface area contributed by atoms with Crippen LogP contribution in [0, 0.1) is 0 Å². The van der Waals surface area contributed by atoms with Gasteiger partial charge in [0, 0.05) is 6.20 Å². The molecule has 1 saturated heterocycles. The second kappa shape index (κ2) is 9.57. The zero-order valence-electron chi connectivity index (χ0n) is 21.7. The quantitative estimate of drug-likeness (QED) is 0.203. The Morgan fingerprint density at radius 2 is 1.71 bits per heavy atom. The van der Waals surface area contributed by atoms with Gasteiger partial charge in [0.1, 0.15) is 28.9 Å². The number of hydrogen-bond donors (Lipinski definition) is 1. The summed E-state index contributed by atoms with van der Waals surface area (Å²) in [5.74, 6) is -1.47. The minimum Gasteiger partial charge on any atom is -0.506 e. The fourth-order valence-corrected chi connectivity index (χ4v) is 5.58. The molecule has 38 heavy (non-hydrogen) atoms. The average molecular weight is 530 g/mol. The summed E-state index contributed by atoms with van der Waals surface area (Å²) in [6, 6.07) is 15.2. The van der Waals surface area contributed by atoms with Crippen LogP contribution >= 0.6 is 11.3 Å². The van der Waals surface area contributed by atoms with Crippen LogP contribution in [0.4, 0.5) is 5.13 Å². The molecule has 1 aliphatic heterocycles. The monoisotopic (exact) mass is 529 g/mol. The van der Waals surface area contributed by atoms with Crippen molar-refractivity contribution in [2.45, 2.75) is 32.2 Å². The Morgan fingerprint density at radius 3 is 2.32 bits per heavy atom. The van der Waals surface area contributed by atoms with E-state index in [1.165, 1.54) is 30.5 Å². The van der Waals surface area contributed by atoms with Crippen LogP contribution in [0.3, 0.4) is 0 Å². The molecule has 2 aromatic carbocycles. The number of ether oxygens (including phenoxy) is 2. The lowest BCUT2D eigenvalue weighted by atomic mass is 9.87. The number of rotatable bonds is 5. The van der Waals surface area contributed by atoms with Crippen LogP contribution in [0.2, 0.25) is 0 Å². The Labute approximate surface area is 224 Å². The number of fused-ring (bicyclic) bond motifs is 1. The van der Waals surface area contributed by atoms with Crippen LogP contribution in [-0.4, -0.2) is 41.0 Å². The molecular weight excluding hydrogens is 502 g/mol. The van der Waals surface area contributed by atoms with Crippen LogP contribution < -0.4 is 14.4 Å². The summed E-state index contributed by atoms with van der Waals surface area (Å²) in [5.41, 5.74) is 2.25. The minimum absolute atomic E-state index is 0.0657. The molecule has 1 fully saturated rings. The van der Waals surface area contributed by atoms with Crippen molar-refractivity contribution in [2.24, 2.45) is 0 Å². The number of aliphatic hydroxyl groups excluding tert-OH is 1. The topological polar surface area (TPSA) is 102 Å². The molecule has 5 rings (SSSR count). The van der Waals surface area contributed by atoms with Crippen LogP contribution in [0.1, 0.15) is 43.6 Å². The maximum atomic E-state index is 13.6. The van der Waals surface area contributed by atoms with Crippen LogP contribution in [0.15, 0.2) is 66.4 Å². The maximum absolute atomic E-state index is 13.6. The molecule has 1 N–H and O–H groups in total. The number of amides is 1. The lowest BCUT2D eigenvalue weighted by molar-refractivity contribution is -0.132. The molecular formula is C29H27N3O5S. The number of Topliss-reactive ketones (excluding diaryl/α,β-unsaturated/α-hetero) is 1. The van der Waals surface area contributed by atoms with E-state index in [2.05, 4.69) is 31.8 Å². The summed E-state index contributed by atoms with van der Waals surface area (Å²) in [6.07, 6.45) is 1.58. The summed E-state index contributed by atoms with van der Waals surface area (Å²) in [6.45, 7) is 6.38. The molecule has 1 unspecified atom stereocenters. The summed E-state index contributed by atoms with van der Waals surface area (Å²) in [4.78, 5) is 37.6. The van der Waals surface area contributed by atoms with Gasteiger partial charge in [-0.25, -0.2) is 4.98 Å². The highest BCUT2D eigenvalue weighted by Gasteiger charge is 2.49. The first-order valence-electron chi connectivity index (χ1n) is 12.0. The molecule has 0 radical (unpaired) electrons. The number of hydrogen-bond acceptors (Lipinski definition) is 8. The standard InChI is InChI=1S/C29H27N3O5S/c1-29(2,3)16-12-13-17-21(15-16)38-28(31-17)32-24(18-9-6-7-14-30-18)23(26(34)27(32)35)25(33)22-19(36-4)10-8-11-20(22)37-5/h6-15,24,33H,1-5H3/b25-23+. The number of aliphatic hydroxyl groups is 1. The first-order chi connectivity index (χ1) is 18.2. The molecule has 0 aliphatic carbocycles. The van der Waals surface area contributed by atoms with E-state index in [0.717, 1.165) is 10.3 Å². The second-order valence-corrected chi connectivity index (χ2v) is 10.9. The van der Waals surface area contributed by atoms with Gasteiger partial charge in [-0.3, -0.25) is 19.5 Å². The van der Waals surface area contributed by atoms with Crippen molar-refractivity contribution in [1.29, 1.82) is 0 Å². The van der Waals surface area contributed by atoms with Gasteiger partial charge in [0.2, 0.25) is 0 Å². The van der Waals surface area contributed by atoms with Crippen LogP contribution in [-0.2, 0) is 15.0 Å². The zero-order chi connectivity index (χ0) is 27.2. The van der Waals surface area contributed by atoms with E-state index in [0.29, 0.717) is 27.8 Å². The highest BCUT2D eigenvalue weighted by atomic mass is 32.1.